The lowest BCUT2D eigenvalue weighted by Crippen LogP contribution is -2.24. The van der Waals surface area contributed by atoms with Crippen molar-refractivity contribution in [2.45, 2.75) is 19.6 Å². The molecule has 0 atom stereocenters. The van der Waals surface area contributed by atoms with Crippen molar-refractivity contribution >= 4 is 34.0 Å². The predicted molar refractivity (Wildman–Crippen MR) is 114 cm³/mol. The largest absolute Gasteiger partial charge is 0.464 e. The number of benzene rings is 1. The fraction of sp³-hybridized carbons (Fsp3) is 0.182. The maximum Gasteiger partial charge on any atom is 0.255 e. The van der Waals surface area contributed by atoms with Crippen LogP contribution >= 0.6 is 11.3 Å². The molecule has 0 bridgehead atoms. The van der Waals surface area contributed by atoms with Crippen molar-refractivity contribution in [3.05, 3.63) is 81.4 Å². The van der Waals surface area contributed by atoms with Crippen LogP contribution in [0.1, 0.15) is 31.4 Å². The maximum absolute atomic E-state index is 12.4. The number of anilines is 1. The molecule has 3 aromatic heterocycles. The third kappa shape index (κ3) is 4.47. The molecule has 29 heavy (non-hydrogen) atoms. The first-order valence-corrected chi connectivity index (χ1v) is 10.0. The van der Waals surface area contributed by atoms with Crippen LogP contribution in [0.25, 0.3) is 11.0 Å². The lowest BCUT2D eigenvalue weighted by molar-refractivity contribution is 0.0951. The molecule has 0 aliphatic rings. The molecular formula is C22H21N3O3S. The molecule has 7 heteroatoms. The Morgan fingerprint density at radius 1 is 1.17 bits per heavy atom. The summed E-state index contributed by atoms with van der Waals surface area (Å²) in [6.45, 7) is 0.807. The van der Waals surface area contributed by atoms with Gasteiger partial charge in [0.25, 0.3) is 5.91 Å². The number of nitrogens with two attached hydrogens (primary N) is 1. The van der Waals surface area contributed by atoms with Crippen LogP contribution in [0.15, 0.2) is 59.2 Å². The number of rotatable bonds is 7. The van der Waals surface area contributed by atoms with Gasteiger partial charge in [0, 0.05) is 28.7 Å². The number of carbonyl (C=O) groups is 1. The minimum Gasteiger partial charge on any atom is -0.464 e. The Morgan fingerprint density at radius 2 is 2.03 bits per heavy atom. The first kappa shape index (κ1) is 19.2. The number of pyridine rings is 1. The molecule has 4 aromatic rings. The molecule has 3 heterocycles. The van der Waals surface area contributed by atoms with E-state index in [0.29, 0.717) is 24.4 Å². The number of carbonyl (C=O) groups excluding carboxylic acids is 1. The van der Waals surface area contributed by atoms with Gasteiger partial charge in [-0.15, -0.1) is 11.3 Å². The van der Waals surface area contributed by atoms with Gasteiger partial charge in [-0.05, 0) is 48.0 Å². The van der Waals surface area contributed by atoms with E-state index in [2.05, 4.69) is 28.5 Å². The molecule has 1 aromatic carbocycles. The summed E-state index contributed by atoms with van der Waals surface area (Å²) in [6.07, 6.45) is 2.55. The molecule has 0 spiro atoms. The molecule has 3 N–H and O–H groups in total. The third-order valence-corrected chi connectivity index (χ3v) is 5.64. The van der Waals surface area contributed by atoms with E-state index >= 15 is 0 Å². The highest BCUT2D eigenvalue weighted by molar-refractivity contribution is 7.12. The summed E-state index contributed by atoms with van der Waals surface area (Å²) in [4.78, 5) is 19.0. The van der Waals surface area contributed by atoms with Gasteiger partial charge in [0.2, 0.25) is 0 Å². The van der Waals surface area contributed by atoms with Gasteiger partial charge in [0.05, 0.1) is 30.7 Å². The number of aromatic nitrogens is 1. The first-order chi connectivity index (χ1) is 14.1. The number of hydrogen-bond acceptors (Lipinski definition) is 6. The highest BCUT2D eigenvalue weighted by Crippen LogP contribution is 2.23. The molecule has 0 saturated carbocycles. The van der Waals surface area contributed by atoms with Crippen LogP contribution in [0.4, 0.5) is 5.82 Å². The molecular weight excluding hydrogens is 386 g/mol. The van der Waals surface area contributed by atoms with Crippen LogP contribution in [0.5, 0.6) is 0 Å². The molecule has 0 saturated heterocycles. The van der Waals surface area contributed by atoms with Crippen molar-refractivity contribution in [3.8, 4) is 0 Å². The van der Waals surface area contributed by atoms with Crippen molar-refractivity contribution in [2.24, 2.45) is 0 Å². The van der Waals surface area contributed by atoms with Crippen molar-refractivity contribution in [1.29, 1.82) is 0 Å². The number of amides is 1. The van der Waals surface area contributed by atoms with E-state index in [9.17, 15) is 4.79 Å². The zero-order valence-corrected chi connectivity index (χ0v) is 16.8. The molecule has 4 rings (SSSR count). The minimum absolute atomic E-state index is 0.207. The minimum atomic E-state index is -0.237. The predicted octanol–water partition coefficient (Wildman–Crippen LogP) is 4.14. The Hall–Kier alpha value is -3.16. The second kappa shape index (κ2) is 8.46. The molecule has 6 nitrogen and oxygen atoms in total. The quantitative estimate of drug-likeness (QED) is 0.481. The molecule has 0 radical (unpaired) electrons. The van der Waals surface area contributed by atoms with E-state index in [4.69, 9.17) is 14.9 Å². The van der Waals surface area contributed by atoms with Gasteiger partial charge >= 0.3 is 0 Å². The molecule has 0 unspecified atom stereocenters. The number of nitrogens with zero attached hydrogens (tertiary/aromatic N) is 1. The highest BCUT2D eigenvalue weighted by Gasteiger charge is 2.12. The number of methoxy groups -OCH3 is 1. The van der Waals surface area contributed by atoms with Crippen LogP contribution in [0, 0.1) is 0 Å². The smallest absolute Gasteiger partial charge is 0.255 e. The van der Waals surface area contributed by atoms with Crippen LogP contribution in [0.3, 0.4) is 0 Å². The summed E-state index contributed by atoms with van der Waals surface area (Å²) in [6, 6.07) is 15.7. The number of thiophene rings is 1. The van der Waals surface area contributed by atoms with Crippen molar-refractivity contribution in [2.75, 3.05) is 12.8 Å². The topological polar surface area (TPSA) is 90.4 Å². The molecule has 0 aliphatic heterocycles. The number of hydrogen-bond donors (Lipinski definition) is 2. The van der Waals surface area contributed by atoms with E-state index in [0.717, 1.165) is 22.3 Å². The lowest BCUT2D eigenvalue weighted by atomic mass is 10.1. The van der Waals surface area contributed by atoms with Crippen molar-refractivity contribution in [3.63, 3.8) is 0 Å². The molecule has 0 aliphatic carbocycles. The maximum atomic E-state index is 12.4. The van der Waals surface area contributed by atoms with Gasteiger partial charge in [-0.3, -0.25) is 4.79 Å². The Balaban J connectivity index is 1.37. The van der Waals surface area contributed by atoms with Crippen LogP contribution < -0.4 is 11.1 Å². The van der Waals surface area contributed by atoms with Crippen LogP contribution in [-0.2, 0) is 24.3 Å². The van der Waals surface area contributed by atoms with Gasteiger partial charge in [0.15, 0.2) is 0 Å². The van der Waals surface area contributed by atoms with Gasteiger partial charge < -0.3 is 20.2 Å². The number of nitrogens with one attached hydrogen (secondary N) is 1. The zero-order valence-electron chi connectivity index (χ0n) is 16.0. The second-order valence-electron chi connectivity index (χ2n) is 6.69. The molecule has 1 amide bonds. The number of nitrogen functional groups attached to an aromatic ring is 1. The Kier molecular flexibility index (Phi) is 5.59. The fourth-order valence-electron chi connectivity index (χ4n) is 3.14. The zero-order chi connectivity index (χ0) is 20.2. The summed E-state index contributed by atoms with van der Waals surface area (Å²) in [5, 5.41) is 4.02. The Morgan fingerprint density at radius 3 is 2.86 bits per heavy atom. The molecule has 148 valence electrons. The SMILES string of the molecule is COCc1ccc(C(=O)NCc2ccc(Cc3ccc4occc4c3)s2)c(N)n1. The van der Waals surface area contributed by atoms with E-state index in [-0.39, 0.29) is 11.7 Å². The lowest BCUT2D eigenvalue weighted by Gasteiger charge is -2.07. The van der Waals surface area contributed by atoms with Crippen LogP contribution in [-0.4, -0.2) is 18.0 Å². The average molecular weight is 407 g/mol. The third-order valence-electron chi connectivity index (χ3n) is 4.55. The van der Waals surface area contributed by atoms with E-state index < -0.39 is 0 Å². The summed E-state index contributed by atoms with van der Waals surface area (Å²) < 4.78 is 10.4. The number of ether oxygens (including phenoxy) is 1. The Labute approximate surface area is 172 Å². The van der Waals surface area contributed by atoms with E-state index in [1.54, 1.807) is 36.8 Å². The summed E-state index contributed by atoms with van der Waals surface area (Å²) in [5.74, 6) is -0.0297. The van der Waals surface area contributed by atoms with Gasteiger partial charge in [-0.1, -0.05) is 6.07 Å². The van der Waals surface area contributed by atoms with E-state index in [1.807, 2.05) is 18.2 Å². The van der Waals surface area contributed by atoms with Gasteiger partial charge in [-0.25, -0.2) is 4.98 Å². The average Bonchev–Trinajstić information content (AvgIpc) is 3.35. The number of fused-ring (bicyclic) bond motifs is 1. The van der Waals surface area contributed by atoms with Crippen molar-refractivity contribution in [1.82, 2.24) is 10.3 Å². The monoisotopic (exact) mass is 407 g/mol. The second-order valence-corrected chi connectivity index (χ2v) is 7.94. The summed E-state index contributed by atoms with van der Waals surface area (Å²) >= 11 is 1.68. The number of furan rings is 1. The Bertz CT molecular complexity index is 1150. The van der Waals surface area contributed by atoms with Gasteiger partial charge in [-0.2, -0.15) is 0 Å². The molecule has 0 fully saturated rings. The summed E-state index contributed by atoms with van der Waals surface area (Å²) in [7, 11) is 1.59. The standard InChI is InChI=1S/C22H21N3O3S/c1-27-13-16-3-6-19(21(23)25-16)22(26)24-12-18-5-4-17(29-18)11-14-2-7-20-15(10-14)8-9-28-20/h2-10H,11-13H2,1H3,(H2,23,25)(H,24,26). The highest BCUT2D eigenvalue weighted by atomic mass is 32.1. The fourth-order valence-corrected chi connectivity index (χ4v) is 4.13. The summed E-state index contributed by atoms with van der Waals surface area (Å²) in [5.41, 5.74) is 9.10. The first-order valence-electron chi connectivity index (χ1n) is 9.18. The van der Waals surface area contributed by atoms with Gasteiger partial charge in [0.1, 0.15) is 11.4 Å². The normalized spacial score (nSPS) is 11.1. The van der Waals surface area contributed by atoms with Crippen LogP contribution in [0.2, 0.25) is 0 Å². The van der Waals surface area contributed by atoms with E-state index in [1.165, 1.54) is 10.4 Å². The van der Waals surface area contributed by atoms with Crippen molar-refractivity contribution < 1.29 is 13.9 Å².